The predicted octanol–water partition coefficient (Wildman–Crippen LogP) is 3.87. The van der Waals surface area contributed by atoms with Crippen LogP contribution in [0.15, 0.2) is 42.5 Å². The Morgan fingerprint density at radius 1 is 0.944 bits per heavy atom. The van der Waals surface area contributed by atoms with E-state index in [1.54, 1.807) is 12.1 Å². The molecule has 0 aliphatic carbocycles. The zero-order chi connectivity index (χ0) is 12.7. The predicted molar refractivity (Wildman–Crippen MR) is 76.0 cm³/mol. The summed E-state index contributed by atoms with van der Waals surface area (Å²) in [6.07, 6.45) is 0. The summed E-state index contributed by atoms with van der Waals surface area (Å²) in [5.41, 5.74) is 14.4. The molecule has 0 radical (unpaired) electrons. The molecule has 1 aromatic heterocycles. The Morgan fingerprint density at radius 3 is 2.39 bits per heavy atom. The minimum atomic E-state index is -0.247. The van der Waals surface area contributed by atoms with Crippen LogP contribution in [-0.2, 0) is 0 Å². The first-order chi connectivity index (χ1) is 8.66. The molecule has 2 aromatic carbocycles. The van der Waals surface area contributed by atoms with Crippen LogP contribution in [-0.4, -0.2) is 0 Å². The van der Waals surface area contributed by atoms with Crippen molar-refractivity contribution >= 4 is 32.1 Å². The van der Waals surface area contributed by atoms with Gasteiger partial charge in [-0.3, -0.25) is 0 Å². The Kier molecular flexibility index (Phi) is 2.45. The van der Waals surface area contributed by atoms with Crippen LogP contribution in [0.25, 0.3) is 21.2 Å². The second-order valence-corrected chi connectivity index (χ2v) is 5.15. The third-order valence-electron chi connectivity index (χ3n) is 2.94. The minimum Gasteiger partial charge on any atom is -0.396 e. The van der Waals surface area contributed by atoms with Gasteiger partial charge in [-0.2, -0.15) is 0 Å². The average molecular weight is 258 g/mol. The maximum atomic E-state index is 13.0. The van der Waals surface area contributed by atoms with E-state index in [-0.39, 0.29) is 5.82 Å². The maximum absolute atomic E-state index is 13.0. The van der Waals surface area contributed by atoms with Gasteiger partial charge in [0.05, 0.1) is 5.69 Å². The largest absolute Gasteiger partial charge is 0.396 e. The van der Waals surface area contributed by atoms with Gasteiger partial charge in [-0.05, 0) is 29.3 Å². The van der Waals surface area contributed by atoms with Crippen LogP contribution in [0.4, 0.5) is 15.1 Å². The van der Waals surface area contributed by atoms with Gasteiger partial charge >= 0.3 is 0 Å². The molecular formula is C14H11FN2S. The minimum absolute atomic E-state index is 0.247. The molecule has 0 saturated heterocycles. The van der Waals surface area contributed by atoms with Crippen molar-refractivity contribution in [2.75, 3.05) is 11.5 Å². The summed E-state index contributed by atoms with van der Waals surface area (Å²) in [4.78, 5) is 0. The summed E-state index contributed by atoms with van der Waals surface area (Å²) in [6.45, 7) is 0. The van der Waals surface area contributed by atoms with Crippen LogP contribution in [0.5, 0.6) is 0 Å². The fourth-order valence-electron chi connectivity index (χ4n) is 2.06. The van der Waals surface area contributed by atoms with Gasteiger partial charge in [0, 0.05) is 10.1 Å². The first kappa shape index (κ1) is 11.0. The molecule has 2 nitrogen and oxygen atoms in total. The SMILES string of the molecule is Nc1sc2cccc(-c3ccc(F)cc3)c2c1N. The lowest BCUT2D eigenvalue weighted by Gasteiger charge is -2.04. The molecule has 0 saturated carbocycles. The van der Waals surface area contributed by atoms with E-state index >= 15 is 0 Å². The summed E-state index contributed by atoms with van der Waals surface area (Å²) in [5.74, 6) is -0.247. The molecule has 0 bridgehead atoms. The van der Waals surface area contributed by atoms with E-state index in [2.05, 4.69) is 0 Å². The van der Waals surface area contributed by atoms with Crippen molar-refractivity contribution in [3.8, 4) is 11.1 Å². The summed E-state index contributed by atoms with van der Waals surface area (Å²) >= 11 is 1.47. The number of anilines is 2. The van der Waals surface area contributed by atoms with E-state index in [1.807, 2.05) is 18.2 Å². The highest BCUT2D eigenvalue weighted by atomic mass is 32.1. The molecule has 0 aliphatic rings. The standard InChI is InChI=1S/C14H11FN2S/c15-9-6-4-8(5-7-9)10-2-1-3-11-12(10)13(16)14(17)18-11/h1-7H,16-17H2. The first-order valence-corrected chi connectivity index (χ1v) is 6.31. The molecule has 90 valence electrons. The zero-order valence-electron chi connectivity index (χ0n) is 9.48. The number of benzene rings is 2. The number of hydrogen-bond acceptors (Lipinski definition) is 3. The van der Waals surface area contributed by atoms with E-state index < -0.39 is 0 Å². The van der Waals surface area contributed by atoms with Crippen LogP contribution in [0.3, 0.4) is 0 Å². The molecule has 0 fully saturated rings. The molecule has 3 aromatic rings. The highest BCUT2D eigenvalue weighted by Crippen LogP contribution is 2.41. The first-order valence-electron chi connectivity index (χ1n) is 5.49. The zero-order valence-corrected chi connectivity index (χ0v) is 10.3. The number of thiophene rings is 1. The third-order valence-corrected chi connectivity index (χ3v) is 3.94. The topological polar surface area (TPSA) is 52.0 Å². The summed E-state index contributed by atoms with van der Waals surface area (Å²) in [7, 11) is 0. The number of halogens is 1. The normalized spacial score (nSPS) is 10.9. The van der Waals surface area contributed by atoms with Crippen LogP contribution >= 0.6 is 11.3 Å². The molecule has 0 amide bonds. The number of rotatable bonds is 1. The van der Waals surface area contributed by atoms with Gasteiger partial charge in [0.25, 0.3) is 0 Å². The highest BCUT2D eigenvalue weighted by molar-refractivity contribution is 7.23. The van der Waals surface area contributed by atoms with E-state index in [4.69, 9.17) is 11.5 Å². The number of nitrogens with two attached hydrogens (primary N) is 2. The Morgan fingerprint density at radius 2 is 1.67 bits per heavy atom. The van der Waals surface area contributed by atoms with E-state index in [1.165, 1.54) is 23.5 Å². The van der Waals surface area contributed by atoms with Crippen molar-refractivity contribution in [3.05, 3.63) is 48.3 Å². The molecule has 0 aliphatic heterocycles. The summed E-state index contributed by atoms with van der Waals surface area (Å²) in [6, 6.07) is 12.3. The number of hydrogen-bond donors (Lipinski definition) is 2. The lowest BCUT2D eigenvalue weighted by Crippen LogP contribution is -1.90. The van der Waals surface area contributed by atoms with Gasteiger partial charge in [0.15, 0.2) is 0 Å². The van der Waals surface area contributed by atoms with Crippen molar-refractivity contribution < 1.29 is 4.39 Å². The van der Waals surface area contributed by atoms with Gasteiger partial charge in [-0.1, -0.05) is 24.3 Å². The van der Waals surface area contributed by atoms with Gasteiger partial charge in [0.2, 0.25) is 0 Å². The molecule has 0 spiro atoms. The molecule has 18 heavy (non-hydrogen) atoms. The molecule has 3 rings (SSSR count). The van der Waals surface area contributed by atoms with E-state index in [0.29, 0.717) is 10.7 Å². The fourth-order valence-corrected chi connectivity index (χ4v) is 2.98. The highest BCUT2D eigenvalue weighted by Gasteiger charge is 2.11. The van der Waals surface area contributed by atoms with Gasteiger partial charge in [0.1, 0.15) is 10.8 Å². The average Bonchev–Trinajstić information content (AvgIpc) is 2.66. The fraction of sp³-hybridized carbons (Fsp3) is 0. The quantitative estimate of drug-likeness (QED) is 0.696. The second-order valence-electron chi connectivity index (χ2n) is 4.07. The van der Waals surface area contributed by atoms with Crippen molar-refractivity contribution in [2.45, 2.75) is 0 Å². The monoisotopic (exact) mass is 258 g/mol. The Hall–Kier alpha value is -2.07. The van der Waals surface area contributed by atoms with Crippen LogP contribution in [0.1, 0.15) is 0 Å². The molecule has 4 N–H and O–H groups in total. The second kappa shape index (κ2) is 3.99. The van der Waals surface area contributed by atoms with E-state index in [9.17, 15) is 4.39 Å². The van der Waals surface area contributed by atoms with Crippen molar-refractivity contribution in [2.24, 2.45) is 0 Å². The van der Waals surface area contributed by atoms with Gasteiger partial charge < -0.3 is 11.5 Å². The van der Waals surface area contributed by atoms with Crippen LogP contribution < -0.4 is 11.5 Å². The number of nitrogen functional groups attached to an aromatic ring is 2. The lowest BCUT2D eigenvalue weighted by atomic mass is 10.0. The van der Waals surface area contributed by atoms with Crippen molar-refractivity contribution in [1.29, 1.82) is 0 Å². The van der Waals surface area contributed by atoms with Gasteiger partial charge in [-0.25, -0.2) is 4.39 Å². The van der Waals surface area contributed by atoms with Crippen LogP contribution in [0, 0.1) is 5.82 Å². The smallest absolute Gasteiger partial charge is 0.123 e. The molecular weight excluding hydrogens is 247 g/mol. The van der Waals surface area contributed by atoms with Crippen molar-refractivity contribution in [1.82, 2.24) is 0 Å². The molecule has 4 heteroatoms. The van der Waals surface area contributed by atoms with Crippen molar-refractivity contribution in [3.63, 3.8) is 0 Å². The summed E-state index contributed by atoms with van der Waals surface area (Å²) < 4.78 is 14.0. The lowest BCUT2D eigenvalue weighted by molar-refractivity contribution is 0.628. The summed E-state index contributed by atoms with van der Waals surface area (Å²) in [5, 5.41) is 1.58. The third kappa shape index (κ3) is 1.62. The molecule has 1 heterocycles. The Labute approximate surface area is 108 Å². The Bertz CT molecular complexity index is 716. The van der Waals surface area contributed by atoms with Gasteiger partial charge in [-0.15, -0.1) is 11.3 Å². The Balaban J connectivity index is 2.32. The van der Waals surface area contributed by atoms with Crippen LogP contribution in [0.2, 0.25) is 0 Å². The molecule has 0 unspecified atom stereocenters. The maximum Gasteiger partial charge on any atom is 0.123 e. The number of fused-ring (bicyclic) bond motifs is 1. The van der Waals surface area contributed by atoms with E-state index in [0.717, 1.165) is 21.2 Å². The molecule has 0 atom stereocenters.